The molecule has 0 fully saturated rings. The van der Waals surface area contributed by atoms with Crippen LogP contribution in [0.4, 0.5) is 13.2 Å². The predicted octanol–water partition coefficient (Wildman–Crippen LogP) is 4.14. The maximum Gasteiger partial charge on any atom is 0.335 e. The van der Waals surface area contributed by atoms with Crippen LogP contribution in [-0.2, 0) is 6.61 Å². The van der Waals surface area contributed by atoms with E-state index in [0.717, 1.165) is 12.1 Å². The van der Waals surface area contributed by atoms with Gasteiger partial charge in [-0.3, -0.25) is 0 Å². The fourth-order valence-electron chi connectivity index (χ4n) is 1.59. The average molecular weight is 361 g/mol. The first kappa shape index (κ1) is 15.4. The quantitative estimate of drug-likeness (QED) is 0.833. The van der Waals surface area contributed by atoms with Crippen molar-refractivity contribution in [2.24, 2.45) is 0 Å². The van der Waals surface area contributed by atoms with Crippen LogP contribution in [0.3, 0.4) is 0 Å². The van der Waals surface area contributed by atoms with Gasteiger partial charge in [0.05, 0.1) is 5.56 Å². The Labute approximate surface area is 126 Å². The number of aromatic carboxylic acids is 1. The van der Waals surface area contributed by atoms with Crippen LogP contribution in [-0.4, -0.2) is 11.1 Å². The molecular weight excluding hydrogens is 353 g/mol. The molecule has 0 aliphatic rings. The van der Waals surface area contributed by atoms with Gasteiger partial charge in [0.25, 0.3) is 0 Å². The van der Waals surface area contributed by atoms with Crippen molar-refractivity contribution in [2.75, 3.05) is 0 Å². The number of hydrogen-bond acceptors (Lipinski definition) is 2. The van der Waals surface area contributed by atoms with Gasteiger partial charge >= 0.3 is 5.97 Å². The van der Waals surface area contributed by atoms with Crippen LogP contribution < -0.4 is 4.74 Å². The number of rotatable bonds is 4. The lowest BCUT2D eigenvalue weighted by atomic mass is 10.1. The third-order valence-corrected chi connectivity index (χ3v) is 3.10. The van der Waals surface area contributed by atoms with E-state index in [1.807, 2.05) is 0 Å². The number of ether oxygens (including phenoxy) is 1. The molecule has 2 aromatic carbocycles. The highest BCUT2D eigenvalue weighted by Crippen LogP contribution is 2.26. The normalized spacial score (nSPS) is 10.5. The highest BCUT2D eigenvalue weighted by Gasteiger charge is 2.13. The van der Waals surface area contributed by atoms with Crippen molar-refractivity contribution in [2.45, 2.75) is 6.61 Å². The Kier molecular flexibility index (Phi) is 4.52. The van der Waals surface area contributed by atoms with E-state index in [1.54, 1.807) is 0 Å². The van der Waals surface area contributed by atoms with Gasteiger partial charge in [-0.1, -0.05) is 22.0 Å². The summed E-state index contributed by atoms with van der Waals surface area (Å²) < 4.78 is 45.6. The SMILES string of the molecule is O=C(O)c1ccc(COc2cc(Br)cc(F)c2F)c(F)c1. The second kappa shape index (κ2) is 6.17. The van der Waals surface area contributed by atoms with Crippen LogP contribution in [0.2, 0.25) is 0 Å². The minimum absolute atomic E-state index is 0.0276. The molecule has 0 spiro atoms. The van der Waals surface area contributed by atoms with Gasteiger partial charge in [-0.15, -0.1) is 0 Å². The standard InChI is InChI=1S/C14H8BrF3O3/c15-9-4-11(17)13(18)12(5-9)21-6-8-2-1-7(14(19)20)3-10(8)16/h1-5H,6H2,(H,19,20). The molecule has 0 bridgehead atoms. The molecule has 0 heterocycles. The summed E-state index contributed by atoms with van der Waals surface area (Å²) in [6.07, 6.45) is 0. The first-order chi connectivity index (χ1) is 9.88. The molecule has 0 radical (unpaired) electrons. The van der Waals surface area contributed by atoms with Gasteiger partial charge in [0.2, 0.25) is 5.82 Å². The summed E-state index contributed by atoms with van der Waals surface area (Å²) in [6, 6.07) is 5.39. The molecule has 0 amide bonds. The maximum atomic E-state index is 13.7. The van der Waals surface area contributed by atoms with E-state index in [1.165, 1.54) is 18.2 Å². The van der Waals surface area contributed by atoms with Crippen LogP contribution >= 0.6 is 15.9 Å². The first-order valence-corrected chi connectivity index (χ1v) is 6.47. The fourth-order valence-corrected chi connectivity index (χ4v) is 2.00. The molecule has 0 aliphatic heterocycles. The number of carboxylic acids is 1. The number of halogens is 4. The molecule has 0 aliphatic carbocycles. The zero-order valence-electron chi connectivity index (χ0n) is 10.4. The first-order valence-electron chi connectivity index (χ1n) is 5.67. The Morgan fingerprint density at radius 3 is 2.48 bits per heavy atom. The zero-order chi connectivity index (χ0) is 15.6. The van der Waals surface area contributed by atoms with E-state index in [2.05, 4.69) is 15.9 Å². The second-order valence-electron chi connectivity index (χ2n) is 4.10. The third-order valence-electron chi connectivity index (χ3n) is 2.64. The van der Waals surface area contributed by atoms with Crippen molar-refractivity contribution in [3.8, 4) is 5.75 Å². The lowest BCUT2D eigenvalue weighted by Crippen LogP contribution is -2.04. The van der Waals surface area contributed by atoms with Crippen LogP contribution in [0.1, 0.15) is 15.9 Å². The van der Waals surface area contributed by atoms with E-state index < -0.39 is 23.4 Å². The second-order valence-corrected chi connectivity index (χ2v) is 5.02. The summed E-state index contributed by atoms with van der Waals surface area (Å²) in [6.45, 7) is -0.363. The molecule has 0 aromatic heterocycles. The van der Waals surface area contributed by atoms with Crippen molar-refractivity contribution in [1.29, 1.82) is 0 Å². The van der Waals surface area contributed by atoms with Crippen LogP contribution in [0.15, 0.2) is 34.8 Å². The topological polar surface area (TPSA) is 46.5 Å². The molecular formula is C14H8BrF3O3. The van der Waals surface area contributed by atoms with Gasteiger partial charge in [-0.05, 0) is 24.3 Å². The number of carboxylic acid groups (broad SMARTS) is 1. The lowest BCUT2D eigenvalue weighted by molar-refractivity contribution is 0.0696. The molecule has 0 atom stereocenters. The summed E-state index contributed by atoms with van der Waals surface area (Å²) in [5.74, 6) is -4.71. The lowest BCUT2D eigenvalue weighted by Gasteiger charge is -2.09. The largest absolute Gasteiger partial charge is 0.486 e. The van der Waals surface area contributed by atoms with E-state index in [9.17, 15) is 18.0 Å². The monoisotopic (exact) mass is 360 g/mol. The van der Waals surface area contributed by atoms with Gasteiger partial charge < -0.3 is 9.84 Å². The molecule has 110 valence electrons. The minimum atomic E-state index is -1.26. The molecule has 0 saturated heterocycles. The number of hydrogen-bond donors (Lipinski definition) is 1. The van der Waals surface area contributed by atoms with Crippen molar-refractivity contribution >= 4 is 21.9 Å². The summed E-state index contributed by atoms with van der Waals surface area (Å²) in [7, 11) is 0. The summed E-state index contributed by atoms with van der Waals surface area (Å²) in [5, 5.41) is 8.71. The molecule has 1 N–H and O–H groups in total. The molecule has 2 aromatic rings. The van der Waals surface area contributed by atoms with E-state index in [-0.39, 0.29) is 28.0 Å². The molecule has 21 heavy (non-hydrogen) atoms. The van der Waals surface area contributed by atoms with Crippen LogP contribution in [0.5, 0.6) is 5.75 Å². The Bertz CT molecular complexity index is 704. The summed E-state index contributed by atoms with van der Waals surface area (Å²) >= 11 is 2.99. The van der Waals surface area contributed by atoms with Crippen LogP contribution in [0, 0.1) is 17.5 Å². The summed E-state index contributed by atoms with van der Waals surface area (Å²) in [4.78, 5) is 10.7. The zero-order valence-corrected chi connectivity index (χ0v) is 12.0. The van der Waals surface area contributed by atoms with Gasteiger partial charge in [0.15, 0.2) is 11.6 Å². The van der Waals surface area contributed by atoms with Crippen molar-refractivity contribution in [3.05, 3.63) is 63.4 Å². The third kappa shape index (κ3) is 3.55. The summed E-state index contributed by atoms with van der Waals surface area (Å²) in [5.41, 5.74) is -0.185. The highest BCUT2D eigenvalue weighted by atomic mass is 79.9. The Morgan fingerprint density at radius 2 is 1.86 bits per heavy atom. The minimum Gasteiger partial charge on any atom is -0.486 e. The number of carbonyl (C=O) groups is 1. The van der Waals surface area contributed by atoms with E-state index in [0.29, 0.717) is 0 Å². The average Bonchev–Trinajstić information content (AvgIpc) is 2.42. The van der Waals surface area contributed by atoms with Crippen molar-refractivity contribution < 1.29 is 27.8 Å². The molecule has 2 rings (SSSR count). The van der Waals surface area contributed by atoms with Crippen LogP contribution in [0.25, 0.3) is 0 Å². The Hall–Kier alpha value is -2.02. The van der Waals surface area contributed by atoms with Crippen molar-refractivity contribution in [3.63, 3.8) is 0 Å². The van der Waals surface area contributed by atoms with E-state index in [4.69, 9.17) is 9.84 Å². The molecule has 0 saturated carbocycles. The maximum absolute atomic E-state index is 13.7. The van der Waals surface area contributed by atoms with Crippen molar-refractivity contribution in [1.82, 2.24) is 0 Å². The van der Waals surface area contributed by atoms with Gasteiger partial charge in [0.1, 0.15) is 12.4 Å². The fraction of sp³-hybridized carbons (Fsp3) is 0.0714. The molecule has 7 heteroatoms. The molecule has 0 unspecified atom stereocenters. The number of benzene rings is 2. The Morgan fingerprint density at radius 1 is 1.14 bits per heavy atom. The van der Waals surface area contributed by atoms with Gasteiger partial charge in [-0.2, -0.15) is 4.39 Å². The van der Waals surface area contributed by atoms with E-state index >= 15 is 0 Å². The Balaban J connectivity index is 2.19. The van der Waals surface area contributed by atoms with Gasteiger partial charge in [0, 0.05) is 10.0 Å². The van der Waals surface area contributed by atoms with Gasteiger partial charge in [-0.25, -0.2) is 13.6 Å². The molecule has 3 nitrogen and oxygen atoms in total. The predicted molar refractivity (Wildman–Crippen MR) is 71.7 cm³/mol. The smallest absolute Gasteiger partial charge is 0.335 e. The highest BCUT2D eigenvalue weighted by molar-refractivity contribution is 9.10.